The van der Waals surface area contributed by atoms with E-state index in [2.05, 4.69) is 0 Å². The van der Waals surface area contributed by atoms with Gasteiger partial charge in [0.2, 0.25) is 0 Å². The van der Waals surface area contributed by atoms with Gasteiger partial charge in [-0.1, -0.05) is 18.2 Å². The van der Waals surface area contributed by atoms with Crippen molar-refractivity contribution in [2.24, 2.45) is 0 Å². The molecule has 6 nitrogen and oxygen atoms in total. The third-order valence-corrected chi connectivity index (χ3v) is 2.38. The summed E-state index contributed by atoms with van der Waals surface area (Å²) in [6.07, 6.45) is -1.03. The van der Waals surface area contributed by atoms with Gasteiger partial charge in [-0.3, -0.25) is 14.4 Å². The zero-order valence-corrected chi connectivity index (χ0v) is 9.42. The number of carboxylic acid groups (broad SMARTS) is 3. The zero-order valence-electron chi connectivity index (χ0n) is 9.42. The van der Waals surface area contributed by atoms with Crippen LogP contribution in [-0.4, -0.2) is 33.2 Å². The molecule has 18 heavy (non-hydrogen) atoms. The van der Waals surface area contributed by atoms with E-state index >= 15 is 0 Å². The minimum atomic E-state index is -1.13. The predicted molar refractivity (Wildman–Crippen MR) is 60.5 cm³/mol. The topological polar surface area (TPSA) is 112 Å². The second kappa shape index (κ2) is 5.81. The van der Waals surface area contributed by atoms with Crippen molar-refractivity contribution in [3.63, 3.8) is 0 Å². The van der Waals surface area contributed by atoms with Crippen molar-refractivity contribution >= 4 is 17.9 Å². The first-order valence-electron chi connectivity index (χ1n) is 5.15. The fraction of sp³-hybridized carbons (Fsp3) is 0.250. The molecule has 0 amide bonds. The molecule has 0 unspecified atom stereocenters. The Labute approximate surface area is 102 Å². The van der Waals surface area contributed by atoms with Crippen LogP contribution < -0.4 is 0 Å². The highest BCUT2D eigenvalue weighted by Crippen LogP contribution is 2.17. The van der Waals surface area contributed by atoms with Gasteiger partial charge in [0.15, 0.2) is 0 Å². The van der Waals surface area contributed by atoms with E-state index in [-0.39, 0.29) is 24.8 Å². The standard InChI is InChI=1S/C12H12O6/c13-10(14)4-7-2-1-3-8(5-11(15)16)9(7)6-12(17)18/h1-3H,4-6H2,(H,13,14)(H,15,16)(H,17,18). The van der Waals surface area contributed by atoms with Gasteiger partial charge in [-0.15, -0.1) is 0 Å². The van der Waals surface area contributed by atoms with Crippen molar-refractivity contribution in [3.05, 3.63) is 34.9 Å². The van der Waals surface area contributed by atoms with Crippen LogP contribution in [-0.2, 0) is 33.6 Å². The van der Waals surface area contributed by atoms with Crippen LogP contribution in [0.5, 0.6) is 0 Å². The van der Waals surface area contributed by atoms with E-state index in [9.17, 15) is 14.4 Å². The van der Waals surface area contributed by atoms with Gasteiger partial charge < -0.3 is 15.3 Å². The molecule has 0 bridgehead atoms. The highest BCUT2D eigenvalue weighted by molar-refractivity contribution is 5.77. The third kappa shape index (κ3) is 3.89. The van der Waals surface area contributed by atoms with Crippen molar-refractivity contribution in [1.29, 1.82) is 0 Å². The Hall–Kier alpha value is -2.37. The molecule has 0 aliphatic rings. The van der Waals surface area contributed by atoms with Crippen molar-refractivity contribution in [1.82, 2.24) is 0 Å². The van der Waals surface area contributed by atoms with Gasteiger partial charge in [-0.2, -0.15) is 0 Å². The molecule has 0 atom stereocenters. The first-order chi connectivity index (χ1) is 8.40. The molecule has 0 spiro atoms. The van der Waals surface area contributed by atoms with Gasteiger partial charge in [-0.25, -0.2) is 0 Å². The van der Waals surface area contributed by atoms with Crippen LogP contribution >= 0.6 is 0 Å². The maximum absolute atomic E-state index is 10.7. The largest absolute Gasteiger partial charge is 0.481 e. The van der Waals surface area contributed by atoms with Crippen LogP contribution in [0.4, 0.5) is 0 Å². The number of hydrogen-bond acceptors (Lipinski definition) is 3. The van der Waals surface area contributed by atoms with Gasteiger partial charge in [-0.05, 0) is 16.7 Å². The van der Waals surface area contributed by atoms with Crippen LogP contribution in [0.1, 0.15) is 16.7 Å². The fourth-order valence-corrected chi connectivity index (χ4v) is 1.72. The molecule has 3 N–H and O–H groups in total. The average Bonchev–Trinajstić information content (AvgIpc) is 2.20. The third-order valence-electron chi connectivity index (χ3n) is 2.38. The highest BCUT2D eigenvalue weighted by atomic mass is 16.4. The summed E-state index contributed by atoms with van der Waals surface area (Å²) in [5, 5.41) is 26.3. The molecule has 0 aromatic heterocycles. The molecule has 0 aliphatic carbocycles. The van der Waals surface area contributed by atoms with Crippen LogP contribution in [0.25, 0.3) is 0 Å². The molecule has 0 heterocycles. The Kier molecular flexibility index (Phi) is 4.42. The number of hydrogen-bond donors (Lipinski definition) is 3. The predicted octanol–water partition coefficient (Wildman–Crippen LogP) is 0.568. The second-order valence-electron chi connectivity index (χ2n) is 3.77. The maximum Gasteiger partial charge on any atom is 0.307 e. The van der Waals surface area contributed by atoms with Gasteiger partial charge in [0.1, 0.15) is 0 Å². The van der Waals surface area contributed by atoms with Crippen LogP contribution in [0.3, 0.4) is 0 Å². The lowest BCUT2D eigenvalue weighted by molar-refractivity contribution is -0.137. The molecule has 0 saturated carbocycles. The molecule has 0 fully saturated rings. The van der Waals surface area contributed by atoms with Crippen molar-refractivity contribution in [2.45, 2.75) is 19.3 Å². The fourth-order valence-electron chi connectivity index (χ4n) is 1.72. The summed E-state index contributed by atoms with van der Waals surface area (Å²) >= 11 is 0. The molecule has 6 heteroatoms. The molecule has 1 aromatic rings. The lowest BCUT2D eigenvalue weighted by Crippen LogP contribution is -2.12. The number of aliphatic carboxylic acids is 3. The van der Waals surface area contributed by atoms with Crippen LogP contribution in [0.15, 0.2) is 18.2 Å². The van der Waals surface area contributed by atoms with E-state index in [1.807, 2.05) is 0 Å². The van der Waals surface area contributed by atoms with E-state index in [0.717, 1.165) is 0 Å². The Balaban J connectivity index is 3.19. The molecular weight excluding hydrogens is 240 g/mol. The monoisotopic (exact) mass is 252 g/mol. The lowest BCUT2D eigenvalue weighted by Gasteiger charge is -2.10. The van der Waals surface area contributed by atoms with Gasteiger partial charge in [0, 0.05) is 0 Å². The zero-order chi connectivity index (χ0) is 13.7. The summed E-state index contributed by atoms with van der Waals surface area (Å²) in [7, 11) is 0. The summed E-state index contributed by atoms with van der Waals surface area (Å²) in [5.41, 5.74) is 0.946. The van der Waals surface area contributed by atoms with Crippen molar-refractivity contribution < 1.29 is 29.7 Å². The molecular formula is C12H12O6. The first kappa shape index (κ1) is 13.7. The smallest absolute Gasteiger partial charge is 0.307 e. The van der Waals surface area contributed by atoms with E-state index in [0.29, 0.717) is 11.1 Å². The number of rotatable bonds is 6. The summed E-state index contributed by atoms with van der Waals surface area (Å²) in [6, 6.07) is 4.53. The number of carbonyl (C=O) groups is 3. The highest BCUT2D eigenvalue weighted by Gasteiger charge is 2.15. The number of benzene rings is 1. The summed E-state index contributed by atoms with van der Waals surface area (Å²) in [4.78, 5) is 32.1. The Bertz CT molecular complexity index is 457. The van der Waals surface area contributed by atoms with E-state index in [4.69, 9.17) is 15.3 Å². The Morgan fingerprint density at radius 2 is 1.17 bits per heavy atom. The summed E-state index contributed by atoms with van der Waals surface area (Å²) in [6.45, 7) is 0. The molecule has 96 valence electrons. The van der Waals surface area contributed by atoms with Gasteiger partial charge in [0.05, 0.1) is 19.3 Å². The van der Waals surface area contributed by atoms with Crippen molar-refractivity contribution in [2.75, 3.05) is 0 Å². The lowest BCUT2D eigenvalue weighted by atomic mass is 9.94. The maximum atomic E-state index is 10.7. The molecule has 1 rings (SSSR count). The Morgan fingerprint density at radius 1 is 0.778 bits per heavy atom. The summed E-state index contributed by atoms with van der Waals surface area (Å²) in [5.74, 6) is -3.30. The van der Waals surface area contributed by atoms with Gasteiger partial charge in [0.25, 0.3) is 0 Å². The Morgan fingerprint density at radius 3 is 1.50 bits per heavy atom. The number of carboxylic acids is 3. The van der Waals surface area contributed by atoms with Crippen LogP contribution in [0, 0.1) is 0 Å². The average molecular weight is 252 g/mol. The van der Waals surface area contributed by atoms with Crippen molar-refractivity contribution in [3.8, 4) is 0 Å². The van der Waals surface area contributed by atoms with E-state index in [1.165, 1.54) is 18.2 Å². The quantitative estimate of drug-likeness (QED) is 0.682. The van der Waals surface area contributed by atoms with E-state index < -0.39 is 17.9 Å². The minimum Gasteiger partial charge on any atom is -0.481 e. The second-order valence-corrected chi connectivity index (χ2v) is 3.77. The SMILES string of the molecule is O=C(O)Cc1cccc(CC(=O)O)c1CC(=O)O. The van der Waals surface area contributed by atoms with Crippen LogP contribution in [0.2, 0.25) is 0 Å². The van der Waals surface area contributed by atoms with E-state index in [1.54, 1.807) is 0 Å². The first-order valence-corrected chi connectivity index (χ1v) is 5.15. The normalized spacial score (nSPS) is 10.0. The minimum absolute atomic E-state index is 0.273. The molecule has 0 aliphatic heterocycles. The van der Waals surface area contributed by atoms with Gasteiger partial charge >= 0.3 is 17.9 Å². The summed E-state index contributed by atoms with van der Waals surface area (Å²) < 4.78 is 0. The molecule has 1 aromatic carbocycles. The molecule has 0 saturated heterocycles. The molecule has 0 radical (unpaired) electrons.